The normalized spacial score (nSPS) is 14.9. The number of carbonyl (C=O) groups is 1. The molecule has 10 nitrogen and oxygen atoms in total. The molecule has 1 fully saturated rings. The largest absolute Gasteiger partial charge is 0.439 e. The molecule has 0 saturated heterocycles. The molecule has 4 rings (SSSR count). The van der Waals surface area contributed by atoms with Gasteiger partial charge < -0.3 is 26.8 Å². The van der Waals surface area contributed by atoms with Crippen molar-refractivity contribution in [1.82, 2.24) is 15.0 Å². The highest BCUT2D eigenvalue weighted by Crippen LogP contribution is 2.26. The first-order valence-electron chi connectivity index (χ1n) is 10.8. The average molecular weight is 450 g/mol. The van der Waals surface area contributed by atoms with Gasteiger partial charge >= 0.3 is 0 Å². The maximum Gasteiger partial charge on any atom is 0.267 e. The monoisotopic (exact) mass is 449 g/mol. The van der Waals surface area contributed by atoms with Crippen molar-refractivity contribution < 1.29 is 9.53 Å². The van der Waals surface area contributed by atoms with Crippen molar-refractivity contribution in [3.05, 3.63) is 64.6 Å². The molecule has 1 aliphatic rings. The predicted molar refractivity (Wildman–Crippen MR) is 126 cm³/mol. The number of rotatable bonds is 8. The predicted octanol–water partition coefficient (Wildman–Crippen LogP) is 2.87. The Hall–Kier alpha value is -3.92. The third-order valence-corrected chi connectivity index (χ3v) is 5.59. The van der Waals surface area contributed by atoms with Gasteiger partial charge in [-0.25, -0.2) is 4.98 Å². The smallest absolute Gasteiger partial charge is 0.267 e. The van der Waals surface area contributed by atoms with E-state index < -0.39 is 11.5 Å². The summed E-state index contributed by atoms with van der Waals surface area (Å²) in [6.45, 7) is 0.457. The number of carbonyl (C=O) groups excluding carboxylic acids is 1. The molecule has 1 aromatic carbocycles. The Morgan fingerprint density at radius 1 is 1.12 bits per heavy atom. The van der Waals surface area contributed by atoms with E-state index in [0.29, 0.717) is 23.9 Å². The van der Waals surface area contributed by atoms with Gasteiger partial charge in [-0.1, -0.05) is 37.5 Å². The molecule has 172 valence electrons. The molecule has 0 atom stereocenters. The van der Waals surface area contributed by atoms with Crippen LogP contribution in [-0.4, -0.2) is 32.9 Å². The number of aromatic amines is 1. The van der Waals surface area contributed by atoms with Crippen molar-refractivity contribution >= 4 is 23.4 Å². The fourth-order valence-electron chi connectivity index (χ4n) is 3.83. The van der Waals surface area contributed by atoms with Crippen LogP contribution < -0.4 is 32.4 Å². The molecule has 1 aliphatic carbocycles. The van der Waals surface area contributed by atoms with E-state index in [1.54, 1.807) is 12.1 Å². The van der Waals surface area contributed by atoms with Gasteiger partial charge in [-0.15, -0.1) is 0 Å². The second kappa shape index (κ2) is 9.70. The number of benzene rings is 1. The summed E-state index contributed by atoms with van der Waals surface area (Å²) in [5.41, 5.74) is 11.1. The van der Waals surface area contributed by atoms with Crippen molar-refractivity contribution in [3.63, 3.8) is 0 Å². The Morgan fingerprint density at radius 2 is 1.88 bits per heavy atom. The number of nitrogens with zero attached hydrogens (tertiary/aromatic N) is 2. The van der Waals surface area contributed by atoms with Crippen LogP contribution in [0.4, 0.5) is 17.5 Å². The van der Waals surface area contributed by atoms with E-state index in [4.69, 9.17) is 16.2 Å². The minimum Gasteiger partial charge on any atom is -0.439 e. The lowest BCUT2D eigenvalue weighted by Crippen LogP contribution is -2.48. The maximum absolute atomic E-state index is 12.5. The summed E-state index contributed by atoms with van der Waals surface area (Å²) in [4.78, 5) is 35.6. The van der Waals surface area contributed by atoms with E-state index in [1.807, 2.05) is 30.3 Å². The number of nitrogens with one attached hydrogen (secondary N) is 3. The molecule has 2 aromatic heterocycles. The van der Waals surface area contributed by atoms with E-state index in [9.17, 15) is 9.59 Å². The van der Waals surface area contributed by atoms with Crippen LogP contribution >= 0.6 is 0 Å². The van der Waals surface area contributed by atoms with Crippen molar-refractivity contribution in [3.8, 4) is 11.6 Å². The number of nitrogens with two attached hydrogens (primary N) is 2. The number of para-hydroxylation sites is 1. The number of pyridine rings is 1. The molecule has 0 unspecified atom stereocenters. The van der Waals surface area contributed by atoms with Gasteiger partial charge in [0.15, 0.2) is 5.82 Å². The average Bonchev–Trinajstić information content (AvgIpc) is 2.80. The molecule has 1 amide bonds. The van der Waals surface area contributed by atoms with Crippen molar-refractivity contribution in [2.75, 3.05) is 17.2 Å². The molecule has 3 aromatic rings. The first-order valence-corrected chi connectivity index (χ1v) is 10.8. The third kappa shape index (κ3) is 5.66. The highest BCUT2D eigenvalue weighted by Gasteiger charge is 2.27. The van der Waals surface area contributed by atoms with Crippen molar-refractivity contribution in [2.24, 2.45) is 11.5 Å². The Balaban J connectivity index is 1.51. The van der Waals surface area contributed by atoms with Crippen LogP contribution in [0.1, 0.15) is 42.5 Å². The second-order valence-corrected chi connectivity index (χ2v) is 8.20. The molecular weight excluding hydrogens is 422 g/mol. The van der Waals surface area contributed by atoms with Crippen LogP contribution in [0.2, 0.25) is 0 Å². The van der Waals surface area contributed by atoms with E-state index in [-0.39, 0.29) is 22.9 Å². The fraction of sp³-hybridized carbons (Fsp3) is 0.304. The Kier molecular flexibility index (Phi) is 6.55. The molecule has 0 aliphatic heterocycles. The van der Waals surface area contributed by atoms with Gasteiger partial charge in [-0.05, 0) is 31.0 Å². The second-order valence-electron chi connectivity index (χ2n) is 8.20. The van der Waals surface area contributed by atoms with Crippen LogP contribution in [0.5, 0.6) is 11.6 Å². The van der Waals surface area contributed by atoms with Crippen LogP contribution in [0.3, 0.4) is 0 Å². The number of H-pyrrole nitrogens is 1. The number of aromatic nitrogens is 3. The van der Waals surface area contributed by atoms with E-state index in [0.717, 1.165) is 25.7 Å². The molecule has 0 bridgehead atoms. The Morgan fingerprint density at radius 3 is 2.55 bits per heavy atom. The minimum absolute atomic E-state index is 0.0296. The van der Waals surface area contributed by atoms with Gasteiger partial charge in [0.2, 0.25) is 11.8 Å². The Bertz CT molecular complexity index is 1160. The standard InChI is InChI=1S/C23H27N7O3/c24-19(31)18-20(28-15-9-10-17(26-13-15)33-16-7-3-1-4-8-16)29-22(30-21(18)32)27-14-23(25)11-5-2-6-12-23/h1,3-4,7-10,13H,2,5-6,11-12,14,25H2,(H2,24,31)(H3,27,28,29,30,32). The molecule has 0 radical (unpaired) electrons. The maximum atomic E-state index is 12.5. The van der Waals surface area contributed by atoms with Crippen molar-refractivity contribution in [2.45, 2.75) is 37.6 Å². The number of primary amides is 1. The Labute approximate surface area is 190 Å². The summed E-state index contributed by atoms with van der Waals surface area (Å²) >= 11 is 0. The van der Waals surface area contributed by atoms with Gasteiger partial charge in [0, 0.05) is 18.2 Å². The molecule has 33 heavy (non-hydrogen) atoms. The number of hydrogen-bond donors (Lipinski definition) is 5. The zero-order valence-corrected chi connectivity index (χ0v) is 18.1. The lowest BCUT2D eigenvalue weighted by Gasteiger charge is -2.33. The highest BCUT2D eigenvalue weighted by molar-refractivity contribution is 5.98. The molecule has 2 heterocycles. The summed E-state index contributed by atoms with van der Waals surface area (Å²) in [6.07, 6.45) is 6.64. The van der Waals surface area contributed by atoms with Crippen LogP contribution in [-0.2, 0) is 0 Å². The highest BCUT2D eigenvalue weighted by atomic mass is 16.5. The number of anilines is 3. The van der Waals surface area contributed by atoms with Gasteiger partial charge in [0.25, 0.3) is 11.5 Å². The summed E-state index contributed by atoms with van der Waals surface area (Å²) in [6, 6.07) is 12.6. The number of ether oxygens (including phenoxy) is 1. The lowest BCUT2D eigenvalue weighted by atomic mass is 9.82. The molecule has 10 heteroatoms. The first-order chi connectivity index (χ1) is 15.9. The lowest BCUT2D eigenvalue weighted by molar-refractivity contribution is 0.0999. The number of amides is 1. The quantitative estimate of drug-likeness (QED) is 0.351. The van der Waals surface area contributed by atoms with E-state index in [1.165, 1.54) is 12.6 Å². The minimum atomic E-state index is -0.891. The molecular formula is C23H27N7O3. The van der Waals surface area contributed by atoms with Crippen molar-refractivity contribution in [1.29, 1.82) is 0 Å². The summed E-state index contributed by atoms with van der Waals surface area (Å²) in [7, 11) is 0. The SMILES string of the molecule is NC(=O)c1c(Nc2ccc(Oc3ccccc3)nc2)nc(NCC2(N)CCCCC2)[nH]c1=O. The van der Waals surface area contributed by atoms with Gasteiger partial charge in [-0.3, -0.25) is 14.6 Å². The zero-order chi connectivity index (χ0) is 23.3. The van der Waals surface area contributed by atoms with E-state index >= 15 is 0 Å². The van der Waals surface area contributed by atoms with Crippen LogP contribution in [0.15, 0.2) is 53.5 Å². The molecule has 7 N–H and O–H groups in total. The molecule has 1 saturated carbocycles. The van der Waals surface area contributed by atoms with Gasteiger partial charge in [-0.2, -0.15) is 4.98 Å². The van der Waals surface area contributed by atoms with Gasteiger partial charge in [0.05, 0.1) is 11.9 Å². The topological polar surface area (TPSA) is 161 Å². The first kappa shape index (κ1) is 22.3. The molecule has 0 spiro atoms. The summed E-state index contributed by atoms with van der Waals surface area (Å²) in [5.74, 6) is 0.396. The fourth-order valence-corrected chi connectivity index (χ4v) is 3.83. The van der Waals surface area contributed by atoms with Crippen LogP contribution in [0.25, 0.3) is 0 Å². The van der Waals surface area contributed by atoms with Crippen LogP contribution in [0, 0.1) is 0 Å². The summed E-state index contributed by atoms with van der Waals surface area (Å²) < 4.78 is 5.68. The van der Waals surface area contributed by atoms with Gasteiger partial charge in [0.1, 0.15) is 11.3 Å². The summed E-state index contributed by atoms with van der Waals surface area (Å²) in [5, 5.41) is 6.06. The van der Waals surface area contributed by atoms with E-state index in [2.05, 4.69) is 25.6 Å². The zero-order valence-electron chi connectivity index (χ0n) is 18.1. The number of hydrogen-bond acceptors (Lipinski definition) is 8. The third-order valence-electron chi connectivity index (χ3n) is 5.59.